The largest absolute Gasteiger partial charge is 0.370 e. The molecule has 0 rings (SSSR count). The fourth-order valence-corrected chi connectivity index (χ4v) is 8.48. The van der Waals surface area contributed by atoms with Gasteiger partial charge in [0.1, 0.15) is 43.1 Å². The molecule has 0 aromatic carbocycles. The molecule has 0 aliphatic rings. The normalized spacial score (nSPS) is 14.4. The van der Waals surface area contributed by atoms with Gasteiger partial charge in [0, 0.05) is 49.3 Å². The lowest BCUT2D eigenvalue weighted by Gasteiger charge is -2.37. The molecule has 0 bridgehead atoms. The Kier molecular flexibility index (Phi) is 34.1. The number of ether oxygens (including phenoxy) is 1. The van der Waals surface area contributed by atoms with E-state index in [1.165, 1.54) is 99.5 Å². The zero-order valence-electron chi connectivity index (χ0n) is 52.2. The fourth-order valence-electron chi connectivity index (χ4n) is 8.48. The number of Topliss-reactive ketones (excluding diaryl/α,β-unsaturated/α-hetero) is 1. The molecule has 0 saturated carbocycles. The van der Waals surface area contributed by atoms with Crippen molar-refractivity contribution < 1.29 is 62.3 Å². The number of ketones is 1. The number of allylic oxidation sites excluding steroid dienone is 1. The van der Waals surface area contributed by atoms with E-state index < -0.39 is 114 Å². The Labute approximate surface area is 482 Å². The molecule has 0 aliphatic heterocycles. The maximum absolute atomic E-state index is 14.7. The summed E-state index contributed by atoms with van der Waals surface area (Å²) in [4.78, 5) is 168. The maximum atomic E-state index is 14.7. The van der Waals surface area contributed by atoms with Crippen LogP contribution < -0.4 is 21.7 Å². The van der Waals surface area contributed by atoms with Crippen LogP contribution in [0, 0.1) is 29.6 Å². The predicted octanol–water partition coefficient (Wildman–Crippen LogP) is 1.08. The minimum Gasteiger partial charge on any atom is -0.370 e. The lowest BCUT2D eigenvalue weighted by Crippen LogP contribution is -2.59. The third kappa shape index (κ3) is 26.9. The van der Waals surface area contributed by atoms with E-state index in [0.29, 0.717) is 25.5 Å². The van der Waals surface area contributed by atoms with Crippen LogP contribution in [0.25, 0.3) is 0 Å². The van der Waals surface area contributed by atoms with Crippen molar-refractivity contribution in [3.8, 4) is 0 Å². The number of amides is 10. The zero-order chi connectivity index (χ0) is 62.8. The summed E-state index contributed by atoms with van der Waals surface area (Å²) >= 11 is 0. The predicted molar refractivity (Wildman–Crippen MR) is 308 cm³/mol. The molecule has 0 spiro atoms. The van der Waals surface area contributed by atoms with Crippen LogP contribution in [0.5, 0.6) is 0 Å². The SMILES string of the molecule is CC(=O)COC/C=C/C[C@@H](C)CC(C(=O)NCC(=O)N(C)CC(=O)N(C)[C@H](C=O)CC(C)C)N(C)C(=O)CN(C)C(=O)[C@H](CCC(C)C)N(C)C(=O)[C@H](CC(C)C)N(C)C(=O)[C@H](C)NC(=O)[C@H](C)NC(=O)CN(C)C(=O)[C@@H](N)C(C)C. The van der Waals surface area contributed by atoms with Gasteiger partial charge in [0.15, 0.2) is 5.78 Å². The van der Waals surface area contributed by atoms with E-state index in [1.807, 2.05) is 54.5 Å². The Morgan fingerprint density at radius 1 is 0.519 bits per heavy atom. The Morgan fingerprint density at radius 2 is 1.06 bits per heavy atom. The van der Waals surface area contributed by atoms with Crippen LogP contribution in [0.1, 0.15) is 122 Å². The van der Waals surface area contributed by atoms with Crippen LogP contribution in [0.15, 0.2) is 12.2 Å². The van der Waals surface area contributed by atoms with Crippen molar-refractivity contribution in [1.82, 2.24) is 50.2 Å². The molecule has 24 nitrogen and oxygen atoms in total. The van der Waals surface area contributed by atoms with E-state index in [9.17, 15) is 57.5 Å². The molecule has 0 fully saturated rings. The Morgan fingerprint density at radius 3 is 1.59 bits per heavy atom. The van der Waals surface area contributed by atoms with E-state index in [0.717, 1.165) is 4.90 Å². The number of carbonyl (C=O) groups is 12. The first kappa shape index (κ1) is 74.7. The van der Waals surface area contributed by atoms with Crippen LogP contribution in [-0.4, -0.2) is 236 Å². The molecule has 8 atom stereocenters. The van der Waals surface area contributed by atoms with Crippen molar-refractivity contribution in [2.45, 2.75) is 164 Å². The number of hydrogen-bond donors (Lipinski definition) is 4. The van der Waals surface area contributed by atoms with E-state index in [2.05, 4.69) is 16.0 Å². The number of rotatable bonds is 37. The van der Waals surface area contributed by atoms with Gasteiger partial charge in [0.2, 0.25) is 59.1 Å². The van der Waals surface area contributed by atoms with Gasteiger partial charge >= 0.3 is 0 Å². The summed E-state index contributed by atoms with van der Waals surface area (Å²) in [6, 6.07) is -7.11. The molecule has 0 saturated heterocycles. The van der Waals surface area contributed by atoms with Crippen molar-refractivity contribution in [3.63, 3.8) is 0 Å². The van der Waals surface area contributed by atoms with E-state index in [1.54, 1.807) is 19.9 Å². The highest BCUT2D eigenvalue weighted by atomic mass is 16.5. The van der Waals surface area contributed by atoms with Gasteiger partial charge in [-0.3, -0.25) is 52.7 Å². The molecule has 0 aromatic rings. The highest BCUT2D eigenvalue weighted by molar-refractivity contribution is 5.97. The summed E-state index contributed by atoms with van der Waals surface area (Å²) in [6.07, 6.45) is 6.13. The molecule has 10 amide bonds. The van der Waals surface area contributed by atoms with Crippen molar-refractivity contribution in [2.24, 2.45) is 35.3 Å². The van der Waals surface area contributed by atoms with Crippen molar-refractivity contribution in [3.05, 3.63) is 12.2 Å². The number of carbonyl (C=O) groups excluding carboxylic acids is 12. The highest BCUT2D eigenvalue weighted by Gasteiger charge is 2.39. The monoisotopic (exact) mass is 1150 g/mol. The third-order valence-corrected chi connectivity index (χ3v) is 13.9. The summed E-state index contributed by atoms with van der Waals surface area (Å²) in [5.41, 5.74) is 5.94. The first-order chi connectivity index (χ1) is 37.5. The second-order valence-electron chi connectivity index (χ2n) is 23.3. The van der Waals surface area contributed by atoms with Crippen LogP contribution in [0.2, 0.25) is 0 Å². The van der Waals surface area contributed by atoms with Gasteiger partial charge < -0.3 is 65.5 Å². The molecule has 1 unspecified atom stereocenters. The standard InChI is InChI=1S/C57H101N11O13/c1-35(2)23-24-44(67(18)56(79)46(27-37(5)6)68(19)54(77)42(12)61-52(75)41(11)60-47(71)30-63(14)57(80)51(58)38(7)8)55(78)64(15)32-50(74)66(17)45(28-39(9)22-20-21-25-81-34-40(10)70)53(76)59-29-48(72)62(13)31-49(73)65(16)43(33-69)26-36(3)4/h20-21,33,35-39,41-46,51H,22-32,34,58H2,1-19H3,(H,59,76)(H,60,71)(H,61,75)/b21-20+/t39-,41+,42+,43+,44+,45?,46+,51+/m1/s1. The summed E-state index contributed by atoms with van der Waals surface area (Å²) in [6.45, 7) is 19.6. The van der Waals surface area contributed by atoms with Gasteiger partial charge in [-0.05, 0) is 88.9 Å². The van der Waals surface area contributed by atoms with Crippen LogP contribution in [0.4, 0.5) is 0 Å². The Balaban J connectivity index is 6.54. The molecule has 462 valence electrons. The molecule has 0 aliphatic carbocycles. The number of hydrogen-bond acceptors (Lipinski definition) is 14. The molecular weight excluding hydrogens is 1050 g/mol. The maximum Gasteiger partial charge on any atom is 0.245 e. The number of nitrogens with one attached hydrogen (secondary N) is 3. The molecule has 81 heavy (non-hydrogen) atoms. The average molecular weight is 1150 g/mol. The summed E-state index contributed by atoms with van der Waals surface area (Å²) < 4.78 is 5.31. The third-order valence-electron chi connectivity index (χ3n) is 13.9. The van der Waals surface area contributed by atoms with E-state index in [-0.39, 0.29) is 80.9 Å². The molecule has 0 radical (unpaired) electrons. The van der Waals surface area contributed by atoms with Gasteiger partial charge in [-0.1, -0.05) is 74.5 Å². The highest BCUT2D eigenvalue weighted by Crippen LogP contribution is 2.21. The second kappa shape index (κ2) is 36.9. The minimum atomic E-state index is -1.17. The first-order valence-corrected chi connectivity index (χ1v) is 28.1. The number of aldehydes is 1. The quantitative estimate of drug-likeness (QED) is 0.0385. The Hall–Kier alpha value is -6.30. The topological polar surface area (TPSA) is 299 Å². The smallest absolute Gasteiger partial charge is 0.245 e. The summed E-state index contributed by atoms with van der Waals surface area (Å²) in [7, 11) is 10.0. The molecule has 0 heterocycles. The number of nitrogens with two attached hydrogens (primary N) is 1. The van der Waals surface area contributed by atoms with Gasteiger partial charge in [-0.25, -0.2) is 0 Å². The van der Waals surface area contributed by atoms with Gasteiger partial charge in [-0.2, -0.15) is 0 Å². The van der Waals surface area contributed by atoms with Crippen molar-refractivity contribution in [1.29, 1.82) is 0 Å². The Bertz CT molecular complexity index is 2150. The minimum absolute atomic E-state index is 0.0429. The zero-order valence-corrected chi connectivity index (χ0v) is 52.2. The van der Waals surface area contributed by atoms with Crippen LogP contribution in [0.3, 0.4) is 0 Å². The number of likely N-dealkylation sites (N-methyl/N-ethyl adjacent to an activating group) is 7. The molecular formula is C57H101N11O13. The van der Waals surface area contributed by atoms with Crippen molar-refractivity contribution in [2.75, 3.05) is 88.7 Å². The first-order valence-electron chi connectivity index (χ1n) is 28.1. The summed E-state index contributed by atoms with van der Waals surface area (Å²) in [5.74, 6) is -6.29. The molecule has 24 heteroatoms. The van der Waals surface area contributed by atoms with Crippen LogP contribution >= 0.6 is 0 Å². The van der Waals surface area contributed by atoms with Gasteiger partial charge in [-0.15, -0.1) is 0 Å². The summed E-state index contributed by atoms with van der Waals surface area (Å²) in [5, 5.41) is 7.74. The molecule has 5 N–H and O–H groups in total. The lowest BCUT2D eigenvalue weighted by atomic mass is 9.96. The fraction of sp³-hybridized carbons (Fsp3) is 0.754. The van der Waals surface area contributed by atoms with E-state index in [4.69, 9.17) is 10.5 Å². The van der Waals surface area contributed by atoms with Crippen molar-refractivity contribution >= 4 is 71.1 Å². The second-order valence-corrected chi connectivity index (χ2v) is 23.3. The molecule has 0 aromatic heterocycles. The van der Waals surface area contributed by atoms with Gasteiger partial charge in [0.25, 0.3) is 0 Å². The van der Waals surface area contributed by atoms with Crippen LogP contribution in [-0.2, 0) is 62.3 Å². The van der Waals surface area contributed by atoms with E-state index >= 15 is 0 Å². The van der Waals surface area contributed by atoms with Gasteiger partial charge in [0.05, 0.1) is 44.9 Å². The average Bonchev–Trinajstić information content (AvgIpc) is 3.38. The lowest BCUT2D eigenvalue weighted by molar-refractivity contribution is -0.152. The number of nitrogens with zero attached hydrogens (tertiary/aromatic N) is 7.